The number of benzene rings is 1. The third kappa shape index (κ3) is 3.46. The molecule has 1 aromatic carbocycles. The smallest absolute Gasteiger partial charge is 0.262 e. The Kier molecular flexibility index (Phi) is 5.64. The molecule has 8 nitrogen and oxygen atoms in total. The molecule has 196 valence electrons. The van der Waals surface area contributed by atoms with Crippen LogP contribution in [0.15, 0.2) is 47.7 Å². The summed E-state index contributed by atoms with van der Waals surface area (Å²) in [6, 6.07) is 7.91. The molecule has 0 radical (unpaired) electrons. The lowest BCUT2D eigenvalue weighted by Crippen LogP contribution is -2.69. The fourth-order valence-corrected chi connectivity index (χ4v) is 7.10. The van der Waals surface area contributed by atoms with Crippen LogP contribution in [0.5, 0.6) is 0 Å². The Morgan fingerprint density at radius 2 is 1.78 bits per heavy atom. The van der Waals surface area contributed by atoms with Crippen LogP contribution in [0.25, 0.3) is 10.9 Å². The van der Waals surface area contributed by atoms with Gasteiger partial charge in [0.2, 0.25) is 0 Å². The molecule has 2 saturated heterocycles. The topological polar surface area (TPSA) is 104 Å². The fraction of sp³-hybridized carbons (Fsp3) is 0.517. The van der Waals surface area contributed by atoms with Gasteiger partial charge in [-0.15, -0.1) is 0 Å². The lowest BCUT2D eigenvalue weighted by atomic mass is 9.67. The highest BCUT2D eigenvalue weighted by atomic mass is 16.5. The van der Waals surface area contributed by atoms with Crippen LogP contribution in [-0.2, 0) is 14.9 Å². The first kappa shape index (κ1) is 24.4. The number of nitrogens with one attached hydrogen (secondary N) is 2. The average Bonchev–Trinajstić information content (AvgIpc) is 3.33. The Bertz CT molecular complexity index is 1320. The van der Waals surface area contributed by atoms with Gasteiger partial charge < -0.3 is 20.8 Å². The number of dihydropyridines is 1. The molecule has 1 aromatic heterocycles. The number of Topliss-reactive ketones (excluding diaryl/α,β-unsaturated/α-hetero) is 1. The zero-order valence-corrected chi connectivity index (χ0v) is 22.0. The van der Waals surface area contributed by atoms with Crippen LogP contribution in [-0.4, -0.2) is 77.1 Å². The molecule has 6 rings (SSSR count). The van der Waals surface area contributed by atoms with Crippen molar-refractivity contribution in [3.63, 3.8) is 0 Å². The van der Waals surface area contributed by atoms with E-state index < -0.39 is 17.0 Å². The van der Waals surface area contributed by atoms with E-state index in [0.717, 1.165) is 80.8 Å². The normalized spacial score (nSPS) is 27.6. The third-order valence-corrected chi connectivity index (χ3v) is 9.46. The summed E-state index contributed by atoms with van der Waals surface area (Å²) in [6.45, 7) is 11.4. The molecular formula is C29H37N5O3. The second-order valence-corrected chi connectivity index (χ2v) is 11.4. The predicted octanol–water partition coefficient (Wildman–Crippen LogP) is 2.81. The molecule has 0 saturated carbocycles. The number of aromatic amines is 1. The highest BCUT2D eigenvalue weighted by Crippen LogP contribution is 2.48. The van der Waals surface area contributed by atoms with E-state index in [2.05, 4.69) is 40.9 Å². The lowest BCUT2D eigenvalue weighted by Gasteiger charge is -2.53. The number of morpholine rings is 1. The van der Waals surface area contributed by atoms with Gasteiger partial charge in [-0.1, -0.05) is 39.0 Å². The van der Waals surface area contributed by atoms with Crippen molar-refractivity contribution < 1.29 is 14.3 Å². The second-order valence-electron chi connectivity index (χ2n) is 11.4. The van der Waals surface area contributed by atoms with Gasteiger partial charge in [0.05, 0.1) is 18.8 Å². The van der Waals surface area contributed by atoms with E-state index in [4.69, 9.17) is 10.5 Å². The van der Waals surface area contributed by atoms with Crippen molar-refractivity contribution in [1.29, 1.82) is 0 Å². The molecule has 0 bridgehead atoms. The summed E-state index contributed by atoms with van der Waals surface area (Å²) in [6.07, 6.45) is 6.64. The van der Waals surface area contributed by atoms with Crippen molar-refractivity contribution in [3.05, 3.63) is 58.9 Å². The number of ether oxygens (including phenoxy) is 1. The molecule has 1 unspecified atom stereocenters. The summed E-state index contributed by atoms with van der Waals surface area (Å²) in [5.41, 5.74) is 8.56. The van der Waals surface area contributed by atoms with Crippen molar-refractivity contribution in [3.8, 4) is 0 Å². The summed E-state index contributed by atoms with van der Waals surface area (Å²) in [4.78, 5) is 35.2. The Labute approximate surface area is 217 Å². The van der Waals surface area contributed by atoms with Crippen LogP contribution >= 0.6 is 0 Å². The number of piperidine rings is 1. The van der Waals surface area contributed by atoms with E-state index in [9.17, 15) is 9.59 Å². The van der Waals surface area contributed by atoms with Gasteiger partial charge in [-0.25, -0.2) is 0 Å². The van der Waals surface area contributed by atoms with E-state index in [1.165, 1.54) is 0 Å². The molecule has 1 atom stereocenters. The predicted molar refractivity (Wildman–Crippen MR) is 143 cm³/mol. The summed E-state index contributed by atoms with van der Waals surface area (Å²) in [5.74, 6) is -0.476. The number of amides is 1. The van der Waals surface area contributed by atoms with Crippen LogP contribution < -0.4 is 11.1 Å². The number of ketones is 1. The molecule has 4 N–H and O–H groups in total. The molecular weight excluding hydrogens is 466 g/mol. The number of aromatic nitrogens is 1. The summed E-state index contributed by atoms with van der Waals surface area (Å²) in [5, 5.41) is 4.24. The van der Waals surface area contributed by atoms with Gasteiger partial charge in [-0.05, 0) is 37.0 Å². The zero-order chi connectivity index (χ0) is 26.0. The molecule has 4 heterocycles. The number of hydrogen-bond donors (Lipinski definition) is 3. The van der Waals surface area contributed by atoms with Crippen molar-refractivity contribution in [2.75, 3.05) is 39.4 Å². The molecule has 1 aliphatic carbocycles. The van der Waals surface area contributed by atoms with Crippen LogP contribution in [0.3, 0.4) is 0 Å². The Morgan fingerprint density at radius 3 is 2.46 bits per heavy atom. The standard InChI is InChI=1S/C29H37N5O3/c1-4-28(33-13-15-37-16-14-33)9-11-34(12-10-28)29(26(30)36)17-21-20(18-31-29)24(35)23-19-7-5-6-8-22(19)32-25(23)27(21,2)3/h5-8,17-18,31-32H,4,9-16H2,1-3H3,(H2,30,36). The minimum atomic E-state index is -1.18. The van der Waals surface area contributed by atoms with Crippen LogP contribution in [0.1, 0.15) is 56.1 Å². The Balaban J connectivity index is 1.37. The van der Waals surface area contributed by atoms with E-state index >= 15 is 0 Å². The van der Waals surface area contributed by atoms with Crippen LogP contribution in [0, 0.1) is 0 Å². The van der Waals surface area contributed by atoms with Gasteiger partial charge in [0, 0.05) is 65.5 Å². The number of primary amides is 1. The largest absolute Gasteiger partial charge is 0.379 e. The number of fused-ring (bicyclic) bond motifs is 4. The van der Waals surface area contributed by atoms with Gasteiger partial charge in [-0.3, -0.25) is 19.4 Å². The number of carbonyl (C=O) groups excluding carboxylic acids is 2. The van der Waals surface area contributed by atoms with Gasteiger partial charge in [-0.2, -0.15) is 0 Å². The SMILES string of the molecule is CCC1(N2CCOCC2)CCN(C2(C(N)=O)C=C3C(=CN2)C(=O)c2c([nH]c4ccccc24)C3(C)C)CC1. The molecule has 2 fully saturated rings. The maximum Gasteiger partial charge on any atom is 0.262 e. The monoisotopic (exact) mass is 503 g/mol. The number of para-hydroxylation sites is 1. The van der Waals surface area contributed by atoms with Gasteiger partial charge in [0.1, 0.15) is 0 Å². The highest BCUT2D eigenvalue weighted by Gasteiger charge is 2.51. The van der Waals surface area contributed by atoms with E-state index in [-0.39, 0.29) is 11.3 Å². The number of H-pyrrole nitrogens is 1. The number of carbonyl (C=O) groups is 2. The van der Waals surface area contributed by atoms with Gasteiger partial charge in [0.15, 0.2) is 11.4 Å². The molecule has 4 aliphatic rings. The first-order valence-electron chi connectivity index (χ1n) is 13.5. The minimum Gasteiger partial charge on any atom is -0.379 e. The van der Waals surface area contributed by atoms with E-state index in [0.29, 0.717) is 11.1 Å². The summed E-state index contributed by atoms with van der Waals surface area (Å²) < 4.78 is 5.60. The van der Waals surface area contributed by atoms with Gasteiger partial charge in [0.25, 0.3) is 5.91 Å². The maximum atomic E-state index is 13.8. The fourth-order valence-electron chi connectivity index (χ4n) is 7.10. The minimum absolute atomic E-state index is 0.0282. The Morgan fingerprint density at radius 1 is 1.08 bits per heavy atom. The quantitative estimate of drug-likeness (QED) is 0.593. The van der Waals surface area contributed by atoms with Crippen LogP contribution in [0.4, 0.5) is 0 Å². The number of allylic oxidation sites excluding steroid dienone is 2. The van der Waals surface area contributed by atoms with Crippen molar-refractivity contribution in [2.45, 2.75) is 56.7 Å². The van der Waals surface area contributed by atoms with Crippen molar-refractivity contribution in [2.24, 2.45) is 5.73 Å². The molecule has 2 aromatic rings. The van der Waals surface area contributed by atoms with E-state index in [1.54, 1.807) is 6.20 Å². The summed E-state index contributed by atoms with van der Waals surface area (Å²) >= 11 is 0. The number of rotatable bonds is 4. The molecule has 3 aliphatic heterocycles. The molecule has 0 spiro atoms. The third-order valence-electron chi connectivity index (χ3n) is 9.46. The summed E-state index contributed by atoms with van der Waals surface area (Å²) in [7, 11) is 0. The number of likely N-dealkylation sites (tertiary alicyclic amines) is 1. The van der Waals surface area contributed by atoms with Crippen molar-refractivity contribution in [1.82, 2.24) is 20.1 Å². The Hall–Kier alpha value is -2.94. The maximum absolute atomic E-state index is 13.8. The van der Waals surface area contributed by atoms with E-state index in [1.807, 2.05) is 30.3 Å². The van der Waals surface area contributed by atoms with Gasteiger partial charge >= 0.3 is 0 Å². The first-order valence-corrected chi connectivity index (χ1v) is 13.5. The van der Waals surface area contributed by atoms with Crippen molar-refractivity contribution >= 4 is 22.6 Å². The highest BCUT2D eigenvalue weighted by molar-refractivity contribution is 6.21. The number of nitrogens with zero attached hydrogens (tertiary/aromatic N) is 2. The molecule has 1 amide bonds. The average molecular weight is 504 g/mol. The lowest BCUT2D eigenvalue weighted by molar-refractivity contribution is -0.131. The molecule has 8 heteroatoms. The number of nitrogens with two attached hydrogens (primary N) is 1. The second kappa shape index (κ2) is 8.55. The number of hydrogen-bond acceptors (Lipinski definition) is 6. The molecule has 37 heavy (non-hydrogen) atoms. The zero-order valence-electron chi connectivity index (χ0n) is 22.0. The van der Waals surface area contributed by atoms with Crippen LogP contribution in [0.2, 0.25) is 0 Å². The first-order chi connectivity index (χ1) is 17.7.